The van der Waals surface area contributed by atoms with Gasteiger partial charge in [0, 0.05) is 49.3 Å². The molecule has 0 spiro atoms. The van der Waals surface area contributed by atoms with Crippen molar-refractivity contribution in [3.05, 3.63) is 12.2 Å². The average molecular weight is 1270 g/mol. The number of likely N-dealkylation sites (N-methyl/N-ethyl adjacent to an activating group) is 7. The van der Waals surface area contributed by atoms with Crippen LogP contribution in [0.25, 0.3) is 0 Å². The molecular weight excluding hydrogens is 1160 g/mol. The van der Waals surface area contributed by atoms with Gasteiger partial charge in [-0.15, -0.1) is 0 Å². The minimum Gasteiger partial charge on any atom is -0.467 e. The molecule has 2 unspecified atom stereocenters. The van der Waals surface area contributed by atoms with Gasteiger partial charge < -0.3 is 65.4 Å². The third-order valence-corrected chi connectivity index (χ3v) is 17.4. The largest absolute Gasteiger partial charge is 0.467 e. The second-order valence-electron chi connectivity index (χ2n) is 26.7. The van der Waals surface area contributed by atoms with Crippen LogP contribution in [0.2, 0.25) is 0 Å². The van der Waals surface area contributed by atoms with Gasteiger partial charge in [0.2, 0.25) is 65.1 Å². The third kappa shape index (κ3) is 21.5. The monoisotopic (exact) mass is 1270 g/mol. The van der Waals surface area contributed by atoms with Crippen molar-refractivity contribution in [2.75, 3.05) is 56.4 Å². The number of carbonyl (C=O) groups is 12. The average Bonchev–Trinajstić information content (AvgIpc) is 1.05. The Balaban J connectivity index is 4.52. The molecule has 1 aliphatic heterocycles. The molecule has 1 saturated heterocycles. The lowest BCUT2D eigenvalue weighted by molar-refractivity contribution is -0.162. The van der Waals surface area contributed by atoms with Gasteiger partial charge in [-0.25, -0.2) is 4.79 Å². The lowest BCUT2D eigenvalue weighted by atomic mass is 9.91. The molecule has 0 saturated carbocycles. The Morgan fingerprint density at radius 1 is 0.511 bits per heavy atom. The smallest absolute Gasteiger partial charge is 0.338 e. The van der Waals surface area contributed by atoms with Gasteiger partial charge in [-0.05, 0) is 101 Å². The maximum Gasteiger partial charge on any atom is 0.338 e. The van der Waals surface area contributed by atoms with Gasteiger partial charge in [0.25, 0.3) is 5.91 Å². The van der Waals surface area contributed by atoms with Gasteiger partial charge in [-0.3, -0.25) is 52.7 Å². The van der Waals surface area contributed by atoms with Crippen molar-refractivity contribution in [1.29, 1.82) is 0 Å². The molecule has 0 aromatic carbocycles. The zero-order valence-corrected chi connectivity index (χ0v) is 59.0. The minimum atomic E-state index is -2.04. The fourth-order valence-corrected chi connectivity index (χ4v) is 11.3. The number of aliphatic hydroxyl groups excluding tert-OH is 1. The Morgan fingerprint density at radius 2 is 0.978 bits per heavy atom. The summed E-state index contributed by atoms with van der Waals surface area (Å²) in [6.45, 7) is 29.4. The zero-order valence-electron chi connectivity index (χ0n) is 59.0. The normalized spacial score (nSPS) is 27.1. The van der Waals surface area contributed by atoms with Crippen LogP contribution in [0.1, 0.15) is 163 Å². The van der Waals surface area contributed by atoms with E-state index < -0.39 is 167 Å². The Hall–Kier alpha value is -6.66. The predicted molar refractivity (Wildman–Crippen MR) is 344 cm³/mol. The molecule has 90 heavy (non-hydrogen) atoms. The summed E-state index contributed by atoms with van der Waals surface area (Å²) in [5.74, 6) is -12.7. The summed E-state index contributed by atoms with van der Waals surface area (Å²) < 4.78 is 5.10. The number of rotatable bonds is 17. The molecule has 0 aromatic heterocycles. The number of esters is 1. The molecule has 0 bridgehead atoms. The molecule has 14 atom stereocenters. The highest BCUT2D eigenvalue weighted by Crippen LogP contribution is 2.26. The highest BCUT2D eigenvalue weighted by Gasteiger charge is 2.48. The molecule has 1 heterocycles. The first-order chi connectivity index (χ1) is 41.6. The summed E-state index contributed by atoms with van der Waals surface area (Å²) in [6, 6.07) is -15.3. The van der Waals surface area contributed by atoms with Crippen LogP contribution < -0.4 is 21.3 Å². The van der Waals surface area contributed by atoms with Gasteiger partial charge in [0.15, 0.2) is 0 Å². The van der Waals surface area contributed by atoms with Gasteiger partial charge in [-0.1, -0.05) is 116 Å². The summed E-state index contributed by atoms with van der Waals surface area (Å²) >= 11 is 0. The fourth-order valence-electron chi connectivity index (χ4n) is 11.3. The molecule has 11 amide bonds. The second-order valence-corrected chi connectivity index (χ2v) is 26.7. The number of hydrogen-bond acceptors (Lipinski definition) is 14. The Bertz CT molecular complexity index is 2510. The van der Waals surface area contributed by atoms with E-state index >= 15 is 14.4 Å². The summed E-state index contributed by atoms with van der Waals surface area (Å²) in [7, 11) is 10.4. The molecule has 5 N–H and O–H groups in total. The number of carbonyl (C=O) groups excluding carboxylic acids is 12. The number of amides is 11. The van der Waals surface area contributed by atoms with Crippen molar-refractivity contribution in [2.24, 2.45) is 41.4 Å². The van der Waals surface area contributed by atoms with Crippen molar-refractivity contribution >= 4 is 70.9 Å². The molecule has 25 heteroatoms. The first-order valence-electron chi connectivity index (χ1n) is 32.1. The summed E-state index contributed by atoms with van der Waals surface area (Å²) in [5, 5.41) is 23.0. The molecule has 514 valence electrons. The second kappa shape index (κ2) is 37.0. The number of methoxy groups -OCH3 is 1. The summed E-state index contributed by atoms with van der Waals surface area (Å²) in [5.41, 5.74) is 0. The molecule has 0 radical (unpaired) electrons. The fraction of sp³-hybridized carbons (Fsp3) is 0.785. The van der Waals surface area contributed by atoms with Gasteiger partial charge in [0.1, 0.15) is 60.4 Å². The maximum atomic E-state index is 15.2. The van der Waals surface area contributed by atoms with Gasteiger partial charge in [-0.2, -0.15) is 0 Å². The van der Waals surface area contributed by atoms with Crippen LogP contribution in [0.4, 0.5) is 0 Å². The number of aliphatic hydroxyl groups is 1. The SMILES string of the molecule is C/C=C/C[C@@H](C)[C@@H](O)[C@H]1C(=O)N[C@H](CC)C(=O)N(C)C(C(=O)OC)C(=O)N(C)[C@@H](C(C)CC)C(=O)N[C@H](C(C)C)C(=O)N(C)[C@H](CCC(C)C)C(=O)N[C@H](C)C(=O)N[C@@H](C)C(=O)N(C)[C@@H](CC(C)C)C(=O)N(C)[C@H](CC(C)C)C(=O)N(C)[C@H](C(C)C)C(=O)N1C. The number of nitrogens with zero attached hydrogens (tertiary/aromatic N) is 7. The quantitative estimate of drug-likeness (QED) is 0.0794. The standard InChI is InChI=1S/C65H115N11O14/c1-26-29-30-41(15)53(77)51-57(81)68-44(28-3)59(83)76(24)52(65(89)90-25)64(88)74(22)50(40(14)27-2)56(80)69-48(38(10)11)62(86)70(18)45(32-31-35(4)5)55(79)66-42(16)54(78)67-43(17)58(82)71(19)46(33-36(6)7)60(84)72(20)47(34-37(8)9)61(85)73(21)49(39(12)13)63(87)75(51)23/h26,29,35-53,77H,27-28,30-34H2,1-25H3,(H,66,79)(H,67,78)(H,68,81)(H,69,80)/b29-26+/t40?,41-,42-,43+,44-,45-,46+,47-,48-,49-,50+,51+,52?,53-/m1/s1. The Morgan fingerprint density at radius 3 is 1.43 bits per heavy atom. The van der Waals surface area contributed by atoms with Crippen LogP contribution in [0, 0.1) is 41.4 Å². The van der Waals surface area contributed by atoms with E-state index in [1.54, 1.807) is 74.5 Å². The first-order valence-corrected chi connectivity index (χ1v) is 32.1. The molecule has 0 aliphatic carbocycles. The van der Waals surface area contributed by atoms with Crippen LogP contribution in [-0.2, 0) is 62.3 Å². The van der Waals surface area contributed by atoms with Crippen LogP contribution in [0.15, 0.2) is 12.2 Å². The van der Waals surface area contributed by atoms with Crippen molar-refractivity contribution in [2.45, 2.75) is 235 Å². The van der Waals surface area contributed by atoms with E-state index in [0.29, 0.717) is 12.8 Å². The molecule has 1 fully saturated rings. The Labute approximate surface area is 537 Å². The van der Waals surface area contributed by atoms with Gasteiger partial charge in [0.05, 0.1) is 13.2 Å². The highest BCUT2D eigenvalue weighted by molar-refractivity contribution is 6.07. The molecule has 25 nitrogen and oxygen atoms in total. The lowest BCUT2D eigenvalue weighted by Crippen LogP contribution is -2.64. The zero-order chi connectivity index (χ0) is 69.8. The van der Waals surface area contributed by atoms with Crippen LogP contribution in [-0.4, -0.2) is 239 Å². The van der Waals surface area contributed by atoms with Crippen molar-refractivity contribution in [1.82, 2.24) is 55.6 Å². The van der Waals surface area contributed by atoms with E-state index in [9.17, 15) is 48.3 Å². The predicted octanol–water partition coefficient (Wildman–Crippen LogP) is 3.20. The van der Waals surface area contributed by atoms with E-state index in [0.717, 1.165) is 28.9 Å². The number of nitrogens with one attached hydrogen (secondary N) is 4. The van der Waals surface area contributed by atoms with Crippen molar-refractivity contribution < 1.29 is 67.4 Å². The number of hydrogen-bond donors (Lipinski definition) is 5. The van der Waals surface area contributed by atoms with Crippen molar-refractivity contribution in [3.63, 3.8) is 0 Å². The molecule has 0 aromatic rings. The number of allylic oxidation sites excluding steroid dienone is 2. The van der Waals surface area contributed by atoms with Crippen LogP contribution in [0.3, 0.4) is 0 Å². The number of ether oxygens (including phenoxy) is 1. The van der Waals surface area contributed by atoms with E-state index in [1.165, 1.54) is 75.7 Å². The topological polar surface area (TPSA) is 305 Å². The minimum absolute atomic E-state index is 0.0657. The van der Waals surface area contributed by atoms with Crippen LogP contribution >= 0.6 is 0 Å². The van der Waals surface area contributed by atoms with Gasteiger partial charge >= 0.3 is 5.97 Å². The third-order valence-electron chi connectivity index (χ3n) is 17.4. The van der Waals surface area contributed by atoms with E-state index in [2.05, 4.69) is 21.3 Å². The van der Waals surface area contributed by atoms with Crippen LogP contribution in [0.5, 0.6) is 0 Å². The maximum absolute atomic E-state index is 15.2. The highest BCUT2D eigenvalue weighted by atomic mass is 16.5. The molecular formula is C65H115N11O14. The Kier molecular flexibility index (Phi) is 33.4. The molecule has 1 aliphatic rings. The lowest BCUT2D eigenvalue weighted by Gasteiger charge is -2.41. The van der Waals surface area contributed by atoms with E-state index in [4.69, 9.17) is 4.74 Å². The van der Waals surface area contributed by atoms with E-state index in [1.807, 2.05) is 41.5 Å². The summed E-state index contributed by atoms with van der Waals surface area (Å²) in [4.78, 5) is 184. The van der Waals surface area contributed by atoms with Crippen molar-refractivity contribution in [3.8, 4) is 0 Å². The van der Waals surface area contributed by atoms with E-state index in [-0.39, 0.29) is 49.9 Å². The summed E-state index contributed by atoms with van der Waals surface area (Å²) in [6.07, 6.45) is 3.22. The molecule has 1 rings (SSSR count). The first kappa shape index (κ1) is 81.4.